The predicted octanol–water partition coefficient (Wildman–Crippen LogP) is 1.43. The van der Waals surface area contributed by atoms with Gasteiger partial charge in [0, 0.05) is 9.91 Å². The smallest absolute Gasteiger partial charge is 0.478 e. The number of hydrogen-bond donors (Lipinski definition) is 1. The fourth-order valence-electron chi connectivity index (χ4n) is 1.19. The minimum absolute atomic E-state index is 0.0169. The van der Waals surface area contributed by atoms with Crippen LogP contribution in [0, 0.1) is 10.1 Å². The van der Waals surface area contributed by atoms with Gasteiger partial charge in [-0.25, -0.2) is 4.79 Å². The van der Waals surface area contributed by atoms with Crippen LogP contribution in [0.1, 0.15) is 10.4 Å². The minimum atomic E-state index is -1.20. The molecule has 2 aromatic rings. The summed E-state index contributed by atoms with van der Waals surface area (Å²) in [5, 5.41) is 19.1. The number of hydrogen-bond acceptors (Lipinski definition) is 5. The van der Waals surface area contributed by atoms with Gasteiger partial charge in [0.25, 0.3) is 0 Å². The zero-order valence-electron chi connectivity index (χ0n) is 7.21. The summed E-state index contributed by atoms with van der Waals surface area (Å²) < 4.78 is 4.75. The third-order valence-corrected chi connectivity index (χ3v) is 1.79. The molecule has 0 fully saturated rings. The molecule has 1 aromatic carbocycles. The van der Waals surface area contributed by atoms with E-state index in [9.17, 15) is 14.9 Å². The van der Waals surface area contributed by atoms with Gasteiger partial charge in [0.1, 0.15) is 5.56 Å². The number of rotatable bonds is 2. The van der Waals surface area contributed by atoms with Crippen molar-refractivity contribution in [3.8, 4) is 0 Å². The highest BCUT2D eigenvalue weighted by atomic mass is 16.7. The van der Waals surface area contributed by atoms with E-state index in [1.165, 1.54) is 18.2 Å². The van der Waals surface area contributed by atoms with Crippen LogP contribution in [0.15, 0.2) is 22.6 Å². The summed E-state index contributed by atoms with van der Waals surface area (Å²) in [6.07, 6.45) is 0. The van der Waals surface area contributed by atoms with Gasteiger partial charge < -0.3 is 19.6 Å². The molecule has 0 aliphatic heterocycles. The third kappa shape index (κ3) is 1.39. The molecule has 76 valence electrons. The van der Waals surface area contributed by atoms with Crippen molar-refractivity contribution in [3.63, 3.8) is 0 Å². The average molecular weight is 208 g/mol. The van der Waals surface area contributed by atoms with E-state index in [1.807, 2.05) is 0 Å². The normalized spacial score (nSPS) is 10.4. The molecular formula is C8H4N2O5. The maximum absolute atomic E-state index is 10.7. The van der Waals surface area contributed by atoms with Crippen LogP contribution >= 0.6 is 0 Å². The molecule has 0 saturated heterocycles. The summed E-state index contributed by atoms with van der Waals surface area (Å²) in [7, 11) is 0. The van der Waals surface area contributed by atoms with Crippen molar-refractivity contribution in [2.45, 2.75) is 0 Å². The summed E-state index contributed by atoms with van der Waals surface area (Å²) in [5.41, 5.74) is -0.0531. The number of aromatic nitrogens is 1. The third-order valence-electron chi connectivity index (χ3n) is 1.79. The monoisotopic (exact) mass is 208 g/mol. The first-order valence-corrected chi connectivity index (χ1v) is 3.87. The zero-order valence-corrected chi connectivity index (χ0v) is 7.21. The molecule has 15 heavy (non-hydrogen) atoms. The minimum Gasteiger partial charge on any atom is -0.478 e. The topological polar surface area (TPSA) is 106 Å². The lowest BCUT2D eigenvalue weighted by Crippen LogP contribution is -1.96. The highest BCUT2D eigenvalue weighted by molar-refractivity contribution is 6.00. The van der Waals surface area contributed by atoms with Gasteiger partial charge in [-0.1, -0.05) is 6.07 Å². The summed E-state index contributed by atoms with van der Waals surface area (Å²) in [6, 6.07) is 3.44. The van der Waals surface area contributed by atoms with Crippen molar-refractivity contribution in [1.82, 2.24) is 4.98 Å². The molecule has 7 nitrogen and oxygen atoms in total. The lowest BCUT2D eigenvalue weighted by molar-refractivity contribution is -0.406. The predicted molar refractivity (Wildman–Crippen MR) is 47.6 cm³/mol. The van der Waals surface area contributed by atoms with Gasteiger partial charge in [0.2, 0.25) is 5.52 Å². The second kappa shape index (κ2) is 3.05. The molecule has 2 rings (SSSR count). The molecule has 0 amide bonds. The molecule has 1 aromatic heterocycles. The number of benzene rings is 1. The van der Waals surface area contributed by atoms with Gasteiger partial charge in [-0.2, -0.15) is 0 Å². The highest BCUT2D eigenvalue weighted by Gasteiger charge is 2.22. The number of fused-ring (bicyclic) bond motifs is 1. The van der Waals surface area contributed by atoms with Crippen molar-refractivity contribution in [3.05, 3.63) is 33.9 Å². The van der Waals surface area contributed by atoms with Gasteiger partial charge in [-0.3, -0.25) is 0 Å². The van der Waals surface area contributed by atoms with E-state index < -0.39 is 16.9 Å². The summed E-state index contributed by atoms with van der Waals surface area (Å²) in [4.78, 5) is 23.8. The maximum Gasteiger partial charge on any atom is 0.546 e. The Morgan fingerprint density at radius 3 is 2.87 bits per heavy atom. The highest BCUT2D eigenvalue weighted by Crippen LogP contribution is 2.23. The fourth-order valence-corrected chi connectivity index (χ4v) is 1.19. The quantitative estimate of drug-likeness (QED) is 0.590. The molecule has 0 aliphatic rings. The molecule has 7 heteroatoms. The van der Waals surface area contributed by atoms with Gasteiger partial charge >= 0.3 is 12.0 Å². The average Bonchev–Trinajstić information content (AvgIpc) is 2.60. The number of nitro groups is 1. The van der Waals surface area contributed by atoms with Gasteiger partial charge in [-0.05, 0) is 12.1 Å². The molecule has 0 saturated carbocycles. The molecule has 0 aliphatic carbocycles. The second-order valence-corrected chi connectivity index (χ2v) is 2.71. The van der Waals surface area contributed by atoms with Gasteiger partial charge in [-0.15, -0.1) is 0 Å². The van der Waals surface area contributed by atoms with E-state index in [4.69, 9.17) is 9.52 Å². The molecular weight excluding hydrogens is 204 g/mol. The van der Waals surface area contributed by atoms with E-state index >= 15 is 0 Å². The number of oxazole rings is 1. The fraction of sp³-hybridized carbons (Fsp3) is 0. The molecule has 1 N–H and O–H groups in total. The van der Waals surface area contributed by atoms with Crippen molar-refractivity contribution in [2.75, 3.05) is 0 Å². The number of carboxylic acids is 1. The Kier molecular flexibility index (Phi) is 1.86. The number of aromatic carboxylic acids is 1. The van der Waals surface area contributed by atoms with Crippen molar-refractivity contribution < 1.29 is 19.2 Å². The molecule has 0 atom stereocenters. The Morgan fingerprint density at radius 2 is 2.27 bits per heavy atom. The largest absolute Gasteiger partial charge is 0.546 e. The van der Waals surface area contributed by atoms with Crippen molar-refractivity contribution in [2.24, 2.45) is 0 Å². The van der Waals surface area contributed by atoms with Crippen LogP contribution in [0.3, 0.4) is 0 Å². The molecule has 0 bridgehead atoms. The van der Waals surface area contributed by atoms with Crippen molar-refractivity contribution in [1.29, 1.82) is 0 Å². The molecule has 1 heterocycles. The SMILES string of the molecule is O=C(O)c1cccc2oc([N+](=O)[O-])nc12. The summed E-state index contributed by atoms with van der Waals surface area (Å²) >= 11 is 0. The van der Waals surface area contributed by atoms with E-state index in [0.717, 1.165) is 0 Å². The first-order chi connectivity index (χ1) is 7.09. The first-order valence-electron chi connectivity index (χ1n) is 3.87. The molecule has 0 unspecified atom stereocenters. The molecule has 0 spiro atoms. The lowest BCUT2D eigenvalue weighted by atomic mass is 10.2. The Morgan fingerprint density at radius 1 is 1.53 bits per heavy atom. The van der Waals surface area contributed by atoms with Crippen LogP contribution < -0.4 is 0 Å². The zero-order chi connectivity index (χ0) is 11.0. The van der Waals surface area contributed by atoms with E-state index in [1.54, 1.807) is 0 Å². The maximum atomic E-state index is 10.7. The number of carboxylic acid groups (broad SMARTS) is 1. The van der Waals surface area contributed by atoms with Crippen LogP contribution in [-0.4, -0.2) is 21.0 Å². The van der Waals surface area contributed by atoms with Gasteiger partial charge in [0.05, 0.1) is 0 Å². The first kappa shape index (κ1) is 9.13. The van der Waals surface area contributed by atoms with Crippen LogP contribution in [0.2, 0.25) is 0 Å². The number of carbonyl (C=O) groups is 1. The van der Waals surface area contributed by atoms with Crippen LogP contribution in [0.4, 0.5) is 6.01 Å². The van der Waals surface area contributed by atoms with E-state index in [2.05, 4.69) is 4.98 Å². The standard InChI is InChI=1S/C8H4N2O5/c11-7(12)4-2-1-3-5-6(4)9-8(15-5)10(13)14/h1-3H,(H,11,12). The second-order valence-electron chi connectivity index (χ2n) is 2.71. The Balaban J connectivity index is 2.75. The summed E-state index contributed by atoms with van der Waals surface area (Å²) in [5.74, 6) is -1.20. The van der Waals surface area contributed by atoms with Crippen LogP contribution in [0.5, 0.6) is 0 Å². The molecule has 0 radical (unpaired) electrons. The van der Waals surface area contributed by atoms with Crippen molar-refractivity contribution >= 4 is 23.1 Å². The Hall–Kier alpha value is -2.44. The van der Waals surface area contributed by atoms with Crippen LogP contribution in [0.25, 0.3) is 11.1 Å². The van der Waals surface area contributed by atoms with Crippen LogP contribution in [-0.2, 0) is 0 Å². The number of nitrogens with zero attached hydrogens (tertiary/aromatic N) is 2. The van der Waals surface area contributed by atoms with E-state index in [-0.39, 0.29) is 16.7 Å². The number of para-hydroxylation sites is 1. The Bertz CT molecular complexity index is 559. The Labute approximate surface area is 82.1 Å². The van der Waals surface area contributed by atoms with Gasteiger partial charge in [0.15, 0.2) is 5.58 Å². The lowest BCUT2D eigenvalue weighted by Gasteiger charge is -1.88. The summed E-state index contributed by atoms with van der Waals surface area (Å²) in [6.45, 7) is 0. The van der Waals surface area contributed by atoms with E-state index in [0.29, 0.717) is 0 Å².